The van der Waals surface area contributed by atoms with Gasteiger partial charge in [0, 0.05) is 23.7 Å². The Labute approximate surface area is 271 Å². The number of hydrogen-bond acceptors (Lipinski definition) is 5. The summed E-state index contributed by atoms with van der Waals surface area (Å²) < 4.78 is 6.13. The zero-order valence-electron chi connectivity index (χ0n) is 27.3. The predicted octanol–water partition coefficient (Wildman–Crippen LogP) is 7.12. The van der Waals surface area contributed by atoms with Gasteiger partial charge >= 0.3 is 0 Å². The van der Waals surface area contributed by atoms with Gasteiger partial charge in [0.25, 0.3) is 0 Å². The van der Waals surface area contributed by atoms with Crippen LogP contribution in [0, 0.1) is 46.5 Å². The van der Waals surface area contributed by atoms with Gasteiger partial charge in [-0.25, -0.2) is 0 Å². The second-order valence-electron chi connectivity index (χ2n) is 12.8. The molecular weight excluding hydrogens is 576 g/mol. The van der Waals surface area contributed by atoms with Gasteiger partial charge in [0.05, 0.1) is 11.5 Å². The van der Waals surface area contributed by atoms with Crippen LogP contribution in [-0.4, -0.2) is 28.3 Å². The third-order valence-electron chi connectivity index (χ3n) is 9.33. The number of benzene rings is 4. The molecule has 238 valence electrons. The van der Waals surface area contributed by atoms with Crippen LogP contribution in [0.1, 0.15) is 58.2 Å². The van der Waals surface area contributed by atoms with Crippen LogP contribution in [-0.2, 0) is 21.0 Å². The van der Waals surface area contributed by atoms with E-state index in [2.05, 4.69) is 10.6 Å². The first-order valence-electron chi connectivity index (χ1n) is 15.6. The number of carbonyl (C=O) groups excluding carboxylic acids is 3. The lowest BCUT2D eigenvalue weighted by Crippen LogP contribution is -2.56. The maximum Gasteiger partial charge on any atom is 0.235 e. The Balaban J connectivity index is 1.56. The highest BCUT2D eigenvalue weighted by molar-refractivity contribution is 6.10. The van der Waals surface area contributed by atoms with E-state index in [-0.39, 0.29) is 6.42 Å². The summed E-state index contributed by atoms with van der Waals surface area (Å²) in [4.78, 5) is 42.2. The fraction of sp³-hybridized carbons (Fsp3) is 0.308. The van der Waals surface area contributed by atoms with Gasteiger partial charge in [-0.05, 0) is 99.2 Å². The highest BCUT2D eigenvalue weighted by Crippen LogP contribution is 2.47. The summed E-state index contributed by atoms with van der Waals surface area (Å²) in [5.74, 6) is -4.23. The normalized spacial score (nSPS) is 21.0. The molecule has 1 saturated carbocycles. The zero-order chi connectivity index (χ0) is 33.2. The van der Waals surface area contributed by atoms with Crippen LogP contribution in [0.5, 0.6) is 5.75 Å². The second kappa shape index (κ2) is 13.3. The van der Waals surface area contributed by atoms with Crippen molar-refractivity contribution in [3.05, 3.63) is 124 Å². The van der Waals surface area contributed by atoms with Gasteiger partial charge in [-0.1, -0.05) is 66.2 Å². The average Bonchev–Trinajstić information content (AvgIpc) is 3.00. The first-order valence-corrected chi connectivity index (χ1v) is 15.6. The van der Waals surface area contributed by atoms with Crippen molar-refractivity contribution in [1.82, 2.24) is 0 Å². The Bertz CT molecular complexity index is 1780. The molecule has 4 aromatic rings. The van der Waals surface area contributed by atoms with Crippen molar-refractivity contribution in [2.45, 2.75) is 66.1 Å². The maximum absolute atomic E-state index is 14.2. The lowest BCUT2D eigenvalue weighted by molar-refractivity contribution is -0.150. The monoisotopic (exact) mass is 618 g/mol. The van der Waals surface area contributed by atoms with Crippen molar-refractivity contribution in [3.63, 3.8) is 0 Å². The number of Topliss-reactive ketones (excluding diaryl/α,β-unsaturated/α-hetero) is 1. The highest BCUT2D eigenvalue weighted by atomic mass is 16.5. The van der Waals surface area contributed by atoms with Crippen LogP contribution in [0.3, 0.4) is 0 Å². The smallest absolute Gasteiger partial charge is 0.235 e. The number of aryl methyl sites for hydroxylation is 3. The topological polar surface area (TPSA) is 105 Å². The minimum atomic E-state index is -1.72. The number of rotatable bonds is 8. The first-order chi connectivity index (χ1) is 21.9. The molecule has 46 heavy (non-hydrogen) atoms. The molecule has 1 aliphatic rings. The van der Waals surface area contributed by atoms with Crippen LogP contribution in [0.2, 0.25) is 0 Å². The molecule has 0 aliphatic heterocycles. The summed E-state index contributed by atoms with van der Waals surface area (Å²) in [7, 11) is 0. The molecule has 1 fully saturated rings. The third kappa shape index (κ3) is 6.90. The summed E-state index contributed by atoms with van der Waals surface area (Å²) in [6.45, 7) is 11.6. The van der Waals surface area contributed by atoms with Crippen molar-refractivity contribution in [3.8, 4) is 5.75 Å². The van der Waals surface area contributed by atoms with Gasteiger partial charge in [0.2, 0.25) is 11.8 Å². The highest BCUT2D eigenvalue weighted by Gasteiger charge is 2.56. The van der Waals surface area contributed by atoms with E-state index in [0.29, 0.717) is 29.3 Å². The molecule has 0 saturated heterocycles. The SMILES string of the molecule is Cc1ccc(COc2cccc(C3C(C(=O)Nc4cccc(C)c4C)C(=O)CC(C)(O)C3C(=O)Nc3cccc(C)c3C)c2)cc1. The van der Waals surface area contributed by atoms with Crippen LogP contribution < -0.4 is 15.4 Å². The molecule has 0 heterocycles. The third-order valence-corrected chi connectivity index (χ3v) is 9.33. The van der Waals surface area contributed by atoms with E-state index in [1.54, 1.807) is 30.3 Å². The van der Waals surface area contributed by atoms with E-state index in [1.165, 1.54) is 6.92 Å². The predicted molar refractivity (Wildman–Crippen MR) is 181 cm³/mol. The van der Waals surface area contributed by atoms with Gasteiger partial charge in [-0.3, -0.25) is 14.4 Å². The molecular formula is C39H42N2O5. The molecule has 4 unspecified atom stereocenters. The number of nitrogens with one attached hydrogen (secondary N) is 2. The summed E-state index contributed by atoms with van der Waals surface area (Å²) >= 11 is 0. The van der Waals surface area contributed by atoms with Gasteiger partial charge in [-0.2, -0.15) is 0 Å². The summed E-state index contributed by atoms with van der Waals surface area (Å²) in [6, 6.07) is 26.4. The Morgan fingerprint density at radius 3 is 1.98 bits per heavy atom. The molecule has 2 amide bonds. The number of anilines is 2. The molecule has 3 N–H and O–H groups in total. The Hall–Kier alpha value is -4.75. The first kappa shape index (κ1) is 32.6. The van der Waals surface area contributed by atoms with Crippen molar-refractivity contribution in [1.29, 1.82) is 0 Å². The van der Waals surface area contributed by atoms with E-state index < -0.39 is 41.0 Å². The maximum atomic E-state index is 14.2. The van der Waals surface area contributed by atoms with E-state index >= 15 is 0 Å². The molecule has 7 heteroatoms. The number of ether oxygens (including phenoxy) is 1. The minimum Gasteiger partial charge on any atom is -0.489 e. The Morgan fingerprint density at radius 2 is 1.37 bits per heavy atom. The second-order valence-corrected chi connectivity index (χ2v) is 12.8. The molecule has 0 aromatic heterocycles. The molecule has 7 nitrogen and oxygen atoms in total. The standard InChI is InChI=1S/C39H42N2O5/c1-23-16-18-28(19-17-23)22-46-30-13-9-12-29(20-30)34-35(37(43)40-31-14-7-10-24(2)26(31)4)33(42)21-39(6,45)36(34)38(44)41-32-15-8-11-25(3)27(32)5/h7-20,34-36,45H,21-22H2,1-6H3,(H,40,43)(H,41,44). The van der Waals surface area contributed by atoms with Gasteiger partial charge < -0.3 is 20.5 Å². The Kier molecular flexibility index (Phi) is 9.44. The van der Waals surface area contributed by atoms with E-state index in [4.69, 9.17) is 4.74 Å². The van der Waals surface area contributed by atoms with E-state index in [9.17, 15) is 19.5 Å². The summed E-state index contributed by atoms with van der Waals surface area (Å²) in [5, 5.41) is 17.8. The van der Waals surface area contributed by atoms with Crippen molar-refractivity contribution < 1.29 is 24.2 Å². The fourth-order valence-electron chi connectivity index (χ4n) is 6.35. The molecule has 0 radical (unpaired) electrons. The number of hydrogen-bond donors (Lipinski definition) is 3. The molecule has 1 aliphatic carbocycles. The molecule has 4 atom stereocenters. The average molecular weight is 619 g/mol. The van der Waals surface area contributed by atoms with Gasteiger partial charge in [-0.15, -0.1) is 0 Å². The molecule has 0 bridgehead atoms. The summed E-state index contributed by atoms with van der Waals surface area (Å²) in [5.41, 5.74) is 5.96. The molecule has 5 rings (SSSR count). The van der Waals surface area contributed by atoms with Crippen LogP contribution >= 0.6 is 0 Å². The van der Waals surface area contributed by atoms with E-state index in [1.807, 2.05) is 89.2 Å². The number of carbonyl (C=O) groups is 3. The molecule has 0 spiro atoms. The zero-order valence-corrected chi connectivity index (χ0v) is 27.3. The summed E-state index contributed by atoms with van der Waals surface area (Å²) in [6.07, 6.45) is -0.344. The van der Waals surface area contributed by atoms with E-state index in [0.717, 1.165) is 33.4 Å². The number of amides is 2. The Morgan fingerprint density at radius 1 is 0.804 bits per heavy atom. The van der Waals surface area contributed by atoms with Crippen molar-refractivity contribution in [2.75, 3.05) is 10.6 Å². The number of aliphatic hydroxyl groups is 1. The lowest BCUT2D eigenvalue weighted by atomic mass is 9.61. The van der Waals surface area contributed by atoms with Crippen LogP contribution in [0.15, 0.2) is 84.9 Å². The van der Waals surface area contributed by atoms with Crippen LogP contribution in [0.4, 0.5) is 11.4 Å². The van der Waals surface area contributed by atoms with Crippen molar-refractivity contribution in [2.24, 2.45) is 11.8 Å². The van der Waals surface area contributed by atoms with Gasteiger partial charge in [0.15, 0.2) is 0 Å². The number of ketones is 1. The largest absolute Gasteiger partial charge is 0.489 e. The quantitative estimate of drug-likeness (QED) is 0.182. The van der Waals surface area contributed by atoms with Crippen LogP contribution in [0.25, 0.3) is 0 Å². The van der Waals surface area contributed by atoms with Gasteiger partial charge in [0.1, 0.15) is 24.1 Å². The lowest BCUT2D eigenvalue weighted by Gasteiger charge is -2.44. The minimum absolute atomic E-state index is 0.318. The van der Waals surface area contributed by atoms with Crippen molar-refractivity contribution >= 4 is 29.0 Å². The molecule has 4 aromatic carbocycles. The fourth-order valence-corrected chi connectivity index (χ4v) is 6.35.